The summed E-state index contributed by atoms with van der Waals surface area (Å²) < 4.78 is 5.08. The Hall–Kier alpha value is -1.97. The van der Waals surface area contributed by atoms with Crippen molar-refractivity contribution < 1.29 is 4.74 Å². The monoisotopic (exact) mass is 200 g/mol. The fourth-order valence-corrected chi connectivity index (χ4v) is 1.22. The molecule has 3 nitrogen and oxygen atoms in total. The van der Waals surface area contributed by atoms with Crippen LogP contribution in [0.5, 0.6) is 5.75 Å². The molecule has 1 atom stereocenters. The van der Waals surface area contributed by atoms with Crippen molar-refractivity contribution in [1.29, 1.82) is 5.26 Å². The molecule has 0 saturated carbocycles. The fraction of sp³-hybridized carbons (Fsp3) is 0.250. The van der Waals surface area contributed by atoms with Crippen LogP contribution < -0.4 is 10.1 Å². The van der Waals surface area contributed by atoms with Gasteiger partial charge in [-0.3, -0.25) is 5.32 Å². The molecular formula is C12H12N2O. The van der Waals surface area contributed by atoms with Gasteiger partial charge in [-0.25, -0.2) is 0 Å². The molecule has 0 radical (unpaired) electrons. The summed E-state index contributed by atoms with van der Waals surface area (Å²) in [5, 5.41) is 11.9. The standard InChI is InChI=1S/C12H12N2O/c1-3-7-14-12(9-13)10-5-4-6-11(8-10)15-2/h1,4-6,8,12,14H,7H2,2H3. The summed E-state index contributed by atoms with van der Waals surface area (Å²) in [6, 6.07) is 9.10. The number of rotatable bonds is 4. The molecule has 1 aromatic carbocycles. The van der Waals surface area contributed by atoms with Gasteiger partial charge in [0.15, 0.2) is 0 Å². The predicted octanol–water partition coefficient (Wildman–Crippen LogP) is 1.48. The third-order valence-electron chi connectivity index (χ3n) is 1.96. The van der Waals surface area contributed by atoms with E-state index in [1.54, 1.807) is 7.11 Å². The van der Waals surface area contributed by atoms with Crippen LogP contribution in [-0.4, -0.2) is 13.7 Å². The first-order chi connectivity index (χ1) is 7.31. The summed E-state index contributed by atoms with van der Waals surface area (Å²) in [7, 11) is 1.59. The minimum Gasteiger partial charge on any atom is -0.497 e. The van der Waals surface area contributed by atoms with Crippen molar-refractivity contribution in [3.8, 4) is 24.2 Å². The van der Waals surface area contributed by atoms with E-state index >= 15 is 0 Å². The van der Waals surface area contributed by atoms with E-state index in [2.05, 4.69) is 17.3 Å². The van der Waals surface area contributed by atoms with Crippen LogP contribution in [0.1, 0.15) is 11.6 Å². The van der Waals surface area contributed by atoms with Gasteiger partial charge in [-0.15, -0.1) is 6.42 Å². The highest BCUT2D eigenvalue weighted by atomic mass is 16.5. The molecule has 1 rings (SSSR count). The quantitative estimate of drug-likeness (QED) is 0.749. The van der Waals surface area contributed by atoms with Crippen LogP contribution in [0.15, 0.2) is 24.3 Å². The van der Waals surface area contributed by atoms with Crippen molar-refractivity contribution in [1.82, 2.24) is 5.32 Å². The minimum atomic E-state index is -0.392. The largest absolute Gasteiger partial charge is 0.497 e. The third-order valence-corrected chi connectivity index (χ3v) is 1.96. The molecule has 76 valence electrons. The van der Waals surface area contributed by atoms with Crippen LogP contribution in [0.25, 0.3) is 0 Å². The summed E-state index contributed by atoms with van der Waals surface area (Å²) in [4.78, 5) is 0. The van der Waals surface area contributed by atoms with Crippen molar-refractivity contribution in [3.05, 3.63) is 29.8 Å². The zero-order chi connectivity index (χ0) is 11.1. The smallest absolute Gasteiger partial charge is 0.122 e. The van der Waals surface area contributed by atoms with Gasteiger partial charge < -0.3 is 4.74 Å². The molecular weight excluding hydrogens is 188 g/mol. The number of terminal acetylenes is 1. The van der Waals surface area contributed by atoms with Crippen LogP contribution in [0, 0.1) is 23.7 Å². The lowest BCUT2D eigenvalue weighted by atomic mass is 10.1. The van der Waals surface area contributed by atoms with E-state index in [1.807, 2.05) is 24.3 Å². The number of hydrogen-bond donors (Lipinski definition) is 1. The maximum absolute atomic E-state index is 8.95. The second-order valence-electron chi connectivity index (χ2n) is 2.92. The van der Waals surface area contributed by atoms with E-state index < -0.39 is 6.04 Å². The van der Waals surface area contributed by atoms with Gasteiger partial charge >= 0.3 is 0 Å². The number of methoxy groups -OCH3 is 1. The molecule has 0 saturated heterocycles. The maximum atomic E-state index is 8.95. The van der Waals surface area contributed by atoms with Crippen LogP contribution in [0.2, 0.25) is 0 Å². The molecule has 1 N–H and O–H groups in total. The normalized spacial score (nSPS) is 11.1. The second-order valence-corrected chi connectivity index (χ2v) is 2.92. The molecule has 0 aliphatic heterocycles. The van der Waals surface area contributed by atoms with E-state index in [4.69, 9.17) is 16.4 Å². The lowest BCUT2D eigenvalue weighted by molar-refractivity contribution is 0.414. The minimum absolute atomic E-state index is 0.370. The first-order valence-corrected chi connectivity index (χ1v) is 4.52. The van der Waals surface area contributed by atoms with Crippen molar-refractivity contribution in [2.45, 2.75) is 6.04 Å². The SMILES string of the molecule is C#CCNC(C#N)c1cccc(OC)c1. The topological polar surface area (TPSA) is 45.0 Å². The van der Waals surface area contributed by atoms with Gasteiger partial charge in [-0.1, -0.05) is 18.1 Å². The molecule has 0 aliphatic rings. The molecule has 1 unspecified atom stereocenters. The number of nitrogens with one attached hydrogen (secondary N) is 1. The van der Waals surface area contributed by atoms with E-state index in [9.17, 15) is 0 Å². The number of nitrogens with zero attached hydrogens (tertiary/aromatic N) is 1. The first-order valence-electron chi connectivity index (χ1n) is 4.52. The van der Waals surface area contributed by atoms with Gasteiger partial charge in [0, 0.05) is 0 Å². The Morgan fingerprint density at radius 2 is 2.40 bits per heavy atom. The molecule has 0 heterocycles. The molecule has 0 amide bonds. The van der Waals surface area contributed by atoms with E-state index in [0.717, 1.165) is 11.3 Å². The van der Waals surface area contributed by atoms with Gasteiger partial charge in [0.2, 0.25) is 0 Å². The van der Waals surface area contributed by atoms with E-state index in [1.165, 1.54) is 0 Å². The summed E-state index contributed by atoms with van der Waals surface area (Å²) >= 11 is 0. The number of nitriles is 1. The van der Waals surface area contributed by atoms with Gasteiger partial charge in [0.1, 0.15) is 11.8 Å². The van der Waals surface area contributed by atoms with Gasteiger partial charge in [0.25, 0.3) is 0 Å². The Morgan fingerprint density at radius 1 is 1.60 bits per heavy atom. The molecule has 0 fully saturated rings. The van der Waals surface area contributed by atoms with Crippen LogP contribution in [0.3, 0.4) is 0 Å². The van der Waals surface area contributed by atoms with Crippen LogP contribution in [-0.2, 0) is 0 Å². The number of hydrogen-bond acceptors (Lipinski definition) is 3. The summed E-state index contributed by atoms with van der Waals surface area (Å²) in [5.74, 6) is 3.17. The Labute approximate surface area is 89.7 Å². The summed E-state index contributed by atoms with van der Waals surface area (Å²) in [6.45, 7) is 0.370. The second kappa shape index (κ2) is 5.70. The van der Waals surface area contributed by atoms with Crippen molar-refractivity contribution in [3.63, 3.8) is 0 Å². The Morgan fingerprint density at radius 3 is 3.00 bits per heavy atom. The highest BCUT2D eigenvalue weighted by Crippen LogP contribution is 2.18. The average molecular weight is 200 g/mol. The number of benzene rings is 1. The van der Waals surface area contributed by atoms with Gasteiger partial charge in [0.05, 0.1) is 19.7 Å². The zero-order valence-electron chi connectivity index (χ0n) is 8.53. The lowest BCUT2D eigenvalue weighted by Crippen LogP contribution is -2.20. The van der Waals surface area contributed by atoms with Gasteiger partial charge in [-0.2, -0.15) is 5.26 Å². The highest BCUT2D eigenvalue weighted by molar-refractivity contribution is 5.33. The molecule has 1 aromatic rings. The van der Waals surface area contributed by atoms with Crippen molar-refractivity contribution in [2.75, 3.05) is 13.7 Å². The molecule has 0 bridgehead atoms. The zero-order valence-corrected chi connectivity index (χ0v) is 8.53. The molecule has 3 heteroatoms. The van der Waals surface area contributed by atoms with Gasteiger partial charge in [-0.05, 0) is 17.7 Å². The van der Waals surface area contributed by atoms with Crippen LogP contribution in [0.4, 0.5) is 0 Å². The summed E-state index contributed by atoms with van der Waals surface area (Å²) in [6.07, 6.45) is 5.12. The van der Waals surface area contributed by atoms with E-state index in [0.29, 0.717) is 6.54 Å². The predicted molar refractivity (Wildman–Crippen MR) is 58.2 cm³/mol. The number of ether oxygens (including phenoxy) is 1. The van der Waals surface area contributed by atoms with E-state index in [-0.39, 0.29) is 0 Å². The third kappa shape index (κ3) is 3.02. The average Bonchev–Trinajstić information content (AvgIpc) is 2.30. The Balaban J connectivity index is 2.83. The highest BCUT2D eigenvalue weighted by Gasteiger charge is 2.09. The maximum Gasteiger partial charge on any atom is 0.122 e. The van der Waals surface area contributed by atoms with Crippen molar-refractivity contribution >= 4 is 0 Å². The summed E-state index contributed by atoms with van der Waals surface area (Å²) in [5.41, 5.74) is 0.854. The lowest BCUT2D eigenvalue weighted by Gasteiger charge is -2.10. The Bertz CT molecular complexity index is 401. The Kier molecular flexibility index (Phi) is 4.22. The van der Waals surface area contributed by atoms with Crippen molar-refractivity contribution in [2.24, 2.45) is 0 Å². The van der Waals surface area contributed by atoms with Crippen LogP contribution >= 0.6 is 0 Å². The molecule has 15 heavy (non-hydrogen) atoms. The molecule has 0 spiro atoms. The fourth-order valence-electron chi connectivity index (χ4n) is 1.22. The first kappa shape index (κ1) is 11.1. The molecule has 0 aromatic heterocycles. The molecule has 0 aliphatic carbocycles.